The van der Waals surface area contributed by atoms with Crippen LogP contribution in [0.2, 0.25) is 6.32 Å². The van der Waals surface area contributed by atoms with Crippen LogP contribution in [0.4, 0.5) is 17.7 Å². The number of nitrogens with zero attached hydrogens (tertiary/aromatic N) is 1. The molecule has 1 aliphatic rings. The van der Waals surface area contributed by atoms with Gasteiger partial charge in [-0.15, -0.1) is 0 Å². The molecular formula is C11H20BF3NO2-. The molecule has 0 aromatic carbocycles. The van der Waals surface area contributed by atoms with Gasteiger partial charge in [0.05, 0.1) is 0 Å². The Kier molecular flexibility index (Phi) is 4.56. The molecule has 0 aromatic rings. The molecule has 3 nitrogen and oxygen atoms in total. The number of halogens is 3. The predicted molar refractivity (Wildman–Crippen MR) is 64.4 cm³/mol. The SMILES string of the molecule is CC(C)(C)OC(=O)N1CCC[C@H](C[B-](F)(F)F)C1. The first-order valence-corrected chi connectivity index (χ1v) is 6.26. The summed E-state index contributed by atoms with van der Waals surface area (Å²) in [5.41, 5.74) is -0.613. The fraction of sp³-hybridized carbons (Fsp3) is 0.909. The maximum Gasteiger partial charge on any atom is 0.478 e. The summed E-state index contributed by atoms with van der Waals surface area (Å²) in [4.78, 5) is 13.1. The first-order valence-electron chi connectivity index (χ1n) is 6.26. The summed E-state index contributed by atoms with van der Waals surface area (Å²) in [5.74, 6) is -0.480. The highest BCUT2D eigenvalue weighted by Gasteiger charge is 2.32. The van der Waals surface area contributed by atoms with Gasteiger partial charge in [0, 0.05) is 13.1 Å². The van der Waals surface area contributed by atoms with Crippen LogP contribution in [0, 0.1) is 5.92 Å². The van der Waals surface area contributed by atoms with Crippen LogP contribution in [-0.4, -0.2) is 36.7 Å². The normalized spacial score (nSPS) is 21.9. The molecule has 1 amide bonds. The van der Waals surface area contributed by atoms with Crippen molar-refractivity contribution in [3.05, 3.63) is 0 Å². The molecule has 0 unspecified atom stereocenters. The molecule has 1 saturated heterocycles. The van der Waals surface area contributed by atoms with Gasteiger partial charge in [0.15, 0.2) is 0 Å². The minimum absolute atomic E-state index is 0.149. The summed E-state index contributed by atoms with van der Waals surface area (Å²) in [5, 5.41) is 0. The molecule has 0 aromatic heterocycles. The number of carbonyl (C=O) groups excluding carboxylic acids is 1. The molecule has 0 spiro atoms. The second-order valence-corrected chi connectivity index (χ2v) is 5.88. The van der Waals surface area contributed by atoms with E-state index in [1.54, 1.807) is 20.8 Å². The van der Waals surface area contributed by atoms with Crippen molar-refractivity contribution in [1.82, 2.24) is 4.90 Å². The van der Waals surface area contributed by atoms with Crippen LogP contribution in [0.3, 0.4) is 0 Å². The first-order chi connectivity index (χ1) is 8.07. The van der Waals surface area contributed by atoms with Crippen molar-refractivity contribution in [3.63, 3.8) is 0 Å². The van der Waals surface area contributed by atoms with Crippen molar-refractivity contribution in [1.29, 1.82) is 0 Å². The van der Waals surface area contributed by atoms with Crippen molar-refractivity contribution in [2.24, 2.45) is 5.92 Å². The third-order valence-corrected chi connectivity index (χ3v) is 2.77. The quantitative estimate of drug-likeness (QED) is 0.716. The van der Waals surface area contributed by atoms with Gasteiger partial charge in [-0.2, -0.15) is 0 Å². The van der Waals surface area contributed by atoms with E-state index in [1.165, 1.54) is 4.90 Å². The number of likely N-dealkylation sites (tertiary alicyclic amines) is 1. The van der Waals surface area contributed by atoms with Crippen molar-refractivity contribution in [2.45, 2.75) is 45.5 Å². The fourth-order valence-electron chi connectivity index (χ4n) is 2.13. The van der Waals surface area contributed by atoms with E-state index < -0.39 is 30.9 Å². The van der Waals surface area contributed by atoms with E-state index in [9.17, 15) is 17.7 Å². The minimum atomic E-state index is -4.78. The average Bonchev–Trinajstić information content (AvgIpc) is 2.12. The molecule has 0 saturated carbocycles. The second kappa shape index (κ2) is 5.40. The molecule has 0 N–H and O–H groups in total. The molecule has 1 heterocycles. The van der Waals surface area contributed by atoms with Gasteiger partial charge in [-0.05, 0) is 39.5 Å². The highest BCUT2D eigenvalue weighted by molar-refractivity contribution is 6.58. The minimum Gasteiger partial charge on any atom is -0.449 e. The number of rotatable bonds is 2. The Morgan fingerprint density at radius 3 is 2.50 bits per heavy atom. The van der Waals surface area contributed by atoms with E-state index >= 15 is 0 Å². The molecule has 1 fully saturated rings. The third-order valence-electron chi connectivity index (χ3n) is 2.77. The molecule has 0 aliphatic carbocycles. The van der Waals surface area contributed by atoms with E-state index in [1.807, 2.05) is 0 Å². The van der Waals surface area contributed by atoms with E-state index in [0.717, 1.165) is 0 Å². The maximum absolute atomic E-state index is 12.4. The summed E-state index contributed by atoms with van der Waals surface area (Å²) in [7, 11) is 0. The zero-order valence-corrected chi connectivity index (χ0v) is 11.1. The Hall–Kier alpha value is -0.875. The van der Waals surface area contributed by atoms with E-state index in [2.05, 4.69) is 0 Å². The number of piperidine rings is 1. The van der Waals surface area contributed by atoms with Gasteiger partial charge in [-0.25, -0.2) is 4.79 Å². The first kappa shape index (κ1) is 15.2. The van der Waals surface area contributed by atoms with Crippen molar-refractivity contribution < 1.29 is 22.5 Å². The molecule has 1 atom stereocenters. The second-order valence-electron chi connectivity index (χ2n) is 5.88. The van der Waals surface area contributed by atoms with E-state index in [4.69, 9.17) is 4.74 Å². The summed E-state index contributed by atoms with van der Waals surface area (Å²) in [6, 6.07) is 0. The van der Waals surface area contributed by atoms with E-state index in [0.29, 0.717) is 19.4 Å². The molecular weight excluding hydrogens is 246 g/mol. The van der Waals surface area contributed by atoms with E-state index in [-0.39, 0.29) is 6.54 Å². The number of hydrogen-bond donors (Lipinski definition) is 0. The zero-order valence-electron chi connectivity index (χ0n) is 11.1. The lowest BCUT2D eigenvalue weighted by molar-refractivity contribution is 0.0171. The molecule has 1 rings (SSSR count). The van der Waals surface area contributed by atoms with Gasteiger partial charge in [0.2, 0.25) is 0 Å². The lowest BCUT2D eigenvalue weighted by Crippen LogP contribution is -2.43. The summed E-state index contributed by atoms with van der Waals surface area (Å²) >= 11 is 0. The van der Waals surface area contributed by atoms with Gasteiger partial charge < -0.3 is 22.6 Å². The number of amides is 1. The highest BCUT2D eigenvalue weighted by atomic mass is 19.4. The summed E-state index contributed by atoms with van der Waals surface area (Å²) < 4.78 is 42.3. The third kappa shape index (κ3) is 5.64. The highest BCUT2D eigenvalue weighted by Crippen LogP contribution is 2.28. The van der Waals surface area contributed by atoms with Crippen LogP contribution in [-0.2, 0) is 4.74 Å². The summed E-state index contributed by atoms with van der Waals surface area (Å²) in [6.45, 7) is 1.07. The standard InChI is InChI=1S/C11H20BF3NO2/c1-11(2,3)18-10(17)16-6-4-5-9(8-16)7-12(13,14)15/h9H,4-8H2,1-3H3/q-1/t9-/m1/s1. The zero-order chi connectivity index (χ0) is 14.0. The molecule has 1 aliphatic heterocycles. The molecule has 7 heteroatoms. The van der Waals surface area contributed by atoms with Crippen molar-refractivity contribution >= 4 is 13.1 Å². The Morgan fingerprint density at radius 1 is 1.39 bits per heavy atom. The number of ether oxygens (including phenoxy) is 1. The van der Waals surface area contributed by atoms with Crippen LogP contribution >= 0.6 is 0 Å². The van der Waals surface area contributed by atoms with Crippen molar-refractivity contribution in [3.8, 4) is 0 Å². The summed E-state index contributed by atoms with van der Waals surface area (Å²) in [6.07, 6.45) is -0.141. The average molecular weight is 266 g/mol. The van der Waals surface area contributed by atoms with Crippen LogP contribution in [0.15, 0.2) is 0 Å². The van der Waals surface area contributed by atoms with Gasteiger partial charge in [0.25, 0.3) is 0 Å². The van der Waals surface area contributed by atoms with Crippen LogP contribution in [0.5, 0.6) is 0 Å². The maximum atomic E-state index is 12.4. The molecule has 18 heavy (non-hydrogen) atoms. The fourth-order valence-corrected chi connectivity index (χ4v) is 2.13. The van der Waals surface area contributed by atoms with Gasteiger partial charge >= 0.3 is 13.1 Å². The van der Waals surface area contributed by atoms with Crippen LogP contribution in [0.1, 0.15) is 33.6 Å². The van der Waals surface area contributed by atoms with Gasteiger partial charge in [-0.3, -0.25) is 0 Å². The smallest absolute Gasteiger partial charge is 0.449 e. The lowest BCUT2D eigenvalue weighted by atomic mass is 9.75. The Morgan fingerprint density at radius 2 is 2.00 bits per heavy atom. The molecule has 106 valence electrons. The lowest BCUT2D eigenvalue weighted by Gasteiger charge is -2.35. The van der Waals surface area contributed by atoms with Crippen LogP contribution in [0.25, 0.3) is 0 Å². The van der Waals surface area contributed by atoms with Gasteiger partial charge in [-0.1, -0.05) is 6.32 Å². The Labute approximate surface area is 106 Å². The largest absolute Gasteiger partial charge is 0.478 e. The van der Waals surface area contributed by atoms with Crippen LogP contribution < -0.4 is 0 Å². The molecule has 0 radical (unpaired) electrons. The number of carbonyl (C=O) groups is 1. The number of hydrogen-bond acceptors (Lipinski definition) is 2. The molecule has 0 bridgehead atoms. The Balaban J connectivity index is 2.51. The predicted octanol–water partition coefficient (Wildman–Crippen LogP) is 3.48. The topological polar surface area (TPSA) is 29.5 Å². The Bertz CT molecular complexity index is 302. The van der Waals surface area contributed by atoms with Gasteiger partial charge in [0.1, 0.15) is 5.60 Å². The van der Waals surface area contributed by atoms with Crippen molar-refractivity contribution in [2.75, 3.05) is 13.1 Å². The monoisotopic (exact) mass is 266 g/mol.